The topological polar surface area (TPSA) is 7.65 Å². The molecule has 0 spiro atoms. The highest BCUT2D eigenvalue weighted by Gasteiger charge is 2.25. The van der Waals surface area contributed by atoms with Crippen LogP contribution in [0.5, 0.6) is 0 Å². The number of para-hydroxylation sites is 2. The third-order valence-corrected chi connectivity index (χ3v) is 10.4. The maximum Gasteiger partial charge on any atom is 0.0621 e. The van der Waals surface area contributed by atoms with E-state index >= 15 is 0 Å². The Hall–Kier alpha value is -6.38. The van der Waals surface area contributed by atoms with E-state index in [1.807, 2.05) is 0 Å². The molecule has 0 radical (unpaired) electrons. The number of fused-ring (bicyclic) bond motifs is 6. The lowest BCUT2D eigenvalue weighted by molar-refractivity contribution is 1.28. The van der Waals surface area contributed by atoms with Crippen LogP contribution in [0.2, 0.25) is 0 Å². The highest BCUT2D eigenvalue weighted by molar-refractivity contribution is 6.30. The van der Waals surface area contributed by atoms with Gasteiger partial charge in [0.2, 0.25) is 0 Å². The van der Waals surface area contributed by atoms with E-state index in [1.165, 1.54) is 81.9 Å². The lowest BCUT2D eigenvalue weighted by Gasteiger charge is -2.25. The Balaban J connectivity index is 1.19. The minimum Gasteiger partial charge on any atom is -0.311 e. The second kappa shape index (κ2) is 9.57. The second-order valence-corrected chi connectivity index (χ2v) is 13.0. The van der Waals surface area contributed by atoms with E-state index in [0.29, 0.717) is 0 Å². The summed E-state index contributed by atoms with van der Waals surface area (Å²) in [5.41, 5.74) is 12.4. The van der Waals surface area contributed by atoms with Crippen molar-refractivity contribution in [3.63, 3.8) is 0 Å². The number of nitrogens with zero attached hydrogens (tertiary/aromatic N) is 2. The smallest absolute Gasteiger partial charge is 0.0621 e. The maximum absolute atomic E-state index is 2.57. The van der Waals surface area contributed by atoms with Gasteiger partial charge in [-0.2, -0.15) is 0 Å². The Labute approximate surface area is 277 Å². The van der Waals surface area contributed by atoms with Crippen molar-refractivity contribution in [1.82, 2.24) is 4.40 Å². The Morgan fingerprint density at radius 2 is 0.771 bits per heavy atom. The van der Waals surface area contributed by atoms with E-state index < -0.39 is 0 Å². The molecule has 48 heavy (non-hydrogen) atoms. The average molecular weight is 609 g/mol. The monoisotopic (exact) mass is 608 g/mol. The van der Waals surface area contributed by atoms with Crippen molar-refractivity contribution in [2.24, 2.45) is 0 Å². The van der Waals surface area contributed by atoms with E-state index in [9.17, 15) is 0 Å². The van der Waals surface area contributed by atoms with Crippen LogP contribution in [-0.2, 0) is 0 Å². The molecule has 2 aromatic heterocycles. The van der Waals surface area contributed by atoms with Gasteiger partial charge in [0.05, 0.1) is 16.6 Å². The molecule has 0 saturated carbocycles. The first kappa shape index (κ1) is 25.8. The molecule has 0 amide bonds. The van der Waals surface area contributed by atoms with Crippen molar-refractivity contribution in [2.45, 2.75) is 0 Å². The fourth-order valence-electron chi connectivity index (χ4n) is 8.32. The number of hydrogen-bond donors (Lipinski definition) is 0. The molecule has 0 bridgehead atoms. The summed E-state index contributed by atoms with van der Waals surface area (Å²) in [6, 6.07) is 57.6. The lowest BCUT2D eigenvalue weighted by atomic mass is 9.96. The van der Waals surface area contributed by atoms with Gasteiger partial charge in [0.15, 0.2) is 0 Å². The average Bonchev–Trinajstić information content (AvgIpc) is 3.57. The first-order valence-corrected chi connectivity index (χ1v) is 16.6. The number of anilines is 3. The normalized spacial score (nSPS) is 12.5. The van der Waals surface area contributed by atoms with E-state index in [1.54, 1.807) is 0 Å². The van der Waals surface area contributed by atoms with Crippen LogP contribution in [0.25, 0.3) is 82.9 Å². The van der Waals surface area contributed by atoms with Gasteiger partial charge in [-0.1, -0.05) is 109 Å². The van der Waals surface area contributed by atoms with Crippen LogP contribution in [0.3, 0.4) is 0 Å². The summed E-state index contributed by atoms with van der Waals surface area (Å²) in [5.74, 6) is 0. The fraction of sp³-hybridized carbons (Fsp3) is 0. The lowest BCUT2D eigenvalue weighted by Crippen LogP contribution is -2.09. The summed E-state index contributed by atoms with van der Waals surface area (Å²) < 4.78 is 2.57. The van der Waals surface area contributed by atoms with Crippen molar-refractivity contribution in [3.05, 3.63) is 169 Å². The van der Waals surface area contributed by atoms with Gasteiger partial charge in [-0.05, 0) is 93.3 Å². The molecule has 0 aliphatic carbocycles. The Morgan fingerprint density at radius 3 is 1.29 bits per heavy atom. The van der Waals surface area contributed by atoms with Crippen LogP contribution in [0.15, 0.2) is 158 Å². The zero-order chi connectivity index (χ0) is 31.3. The number of benzene rings is 8. The van der Waals surface area contributed by atoms with Crippen LogP contribution < -0.4 is 4.90 Å². The van der Waals surface area contributed by atoms with Crippen molar-refractivity contribution < 1.29 is 0 Å². The van der Waals surface area contributed by atoms with Crippen LogP contribution in [0.4, 0.5) is 17.1 Å². The molecule has 0 atom stereocenters. The van der Waals surface area contributed by atoms with E-state index in [-0.39, 0.29) is 0 Å². The largest absolute Gasteiger partial charge is 0.311 e. The molecule has 11 rings (SSSR count). The zero-order valence-corrected chi connectivity index (χ0v) is 26.1. The first-order valence-electron chi connectivity index (χ1n) is 16.6. The zero-order valence-electron chi connectivity index (χ0n) is 26.1. The van der Waals surface area contributed by atoms with E-state index in [2.05, 4.69) is 179 Å². The van der Waals surface area contributed by atoms with Crippen LogP contribution >= 0.6 is 0 Å². The van der Waals surface area contributed by atoms with E-state index in [0.717, 1.165) is 17.1 Å². The highest BCUT2D eigenvalue weighted by Crippen LogP contribution is 2.48. The van der Waals surface area contributed by atoms with E-state index in [4.69, 9.17) is 0 Å². The second-order valence-electron chi connectivity index (χ2n) is 13.0. The predicted molar refractivity (Wildman–Crippen MR) is 205 cm³/mol. The molecule has 0 N–H and O–H groups in total. The number of aromatic nitrogens is 1. The summed E-state index contributed by atoms with van der Waals surface area (Å²) in [5, 5.41) is 10.4. The van der Waals surface area contributed by atoms with Crippen molar-refractivity contribution in [2.75, 3.05) is 4.90 Å². The summed E-state index contributed by atoms with van der Waals surface area (Å²) in [4.78, 5) is 2.32. The highest BCUT2D eigenvalue weighted by atomic mass is 15.1. The first-order chi connectivity index (χ1) is 23.8. The van der Waals surface area contributed by atoms with Crippen molar-refractivity contribution in [1.29, 1.82) is 0 Å². The summed E-state index contributed by atoms with van der Waals surface area (Å²) in [6.07, 6.45) is 4.72. The molecule has 8 aromatic carbocycles. The van der Waals surface area contributed by atoms with Gasteiger partial charge in [0, 0.05) is 49.7 Å². The molecular weight excluding hydrogens is 581 g/mol. The molecule has 0 unspecified atom stereocenters. The molecule has 0 saturated heterocycles. The Morgan fingerprint density at radius 1 is 0.333 bits per heavy atom. The summed E-state index contributed by atoms with van der Waals surface area (Å²) in [6.45, 7) is 0. The number of hydrogen-bond acceptors (Lipinski definition) is 1. The van der Waals surface area contributed by atoms with Crippen LogP contribution in [0.1, 0.15) is 11.1 Å². The third kappa shape index (κ3) is 3.46. The molecule has 2 heteroatoms. The van der Waals surface area contributed by atoms with Gasteiger partial charge < -0.3 is 9.30 Å². The quantitative estimate of drug-likeness (QED) is 0.193. The van der Waals surface area contributed by atoms with Gasteiger partial charge in [0.25, 0.3) is 0 Å². The molecule has 2 nitrogen and oxygen atoms in total. The van der Waals surface area contributed by atoms with Gasteiger partial charge in [-0.15, -0.1) is 0 Å². The van der Waals surface area contributed by atoms with Crippen LogP contribution in [0, 0.1) is 0 Å². The summed E-state index contributed by atoms with van der Waals surface area (Å²) in [7, 11) is 0. The SMILES string of the molecule is C1=Cc2c3ccccc3cc3c4cc(-c5ccc(N(c6ccccc6)c6ccccc6)cc5)cc5c6cc7ccccc7c1c6n(c23)c54. The molecule has 3 heterocycles. The van der Waals surface area contributed by atoms with Crippen LogP contribution in [-0.4, -0.2) is 4.40 Å². The molecule has 1 aliphatic rings. The molecule has 1 aliphatic heterocycles. The minimum absolute atomic E-state index is 1.13. The third-order valence-electron chi connectivity index (χ3n) is 10.4. The van der Waals surface area contributed by atoms with Gasteiger partial charge >= 0.3 is 0 Å². The van der Waals surface area contributed by atoms with Crippen molar-refractivity contribution in [3.8, 4) is 11.1 Å². The molecular formula is C46H28N2. The standard InChI is InChI=1S/C46H28N2/c1-3-13-33(14-4-1)47(34-15-5-2-6-16-34)35-21-19-29(20-22-35)32-27-42-40-25-30-11-7-9-17-36(30)38-23-24-39-37-18-10-8-12-31(37)26-41-43(28-32)46(42)48(44(38)40)45(39)41/h1-28H. The molecule has 0 fully saturated rings. The molecule has 222 valence electrons. The Kier molecular flexibility index (Phi) is 5.14. The van der Waals surface area contributed by atoms with Gasteiger partial charge in [0.1, 0.15) is 0 Å². The maximum atomic E-state index is 2.57. The van der Waals surface area contributed by atoms with Crippen molar-refractivity contribution >= 4 is 88.9 Å². The fourth-order valence-corrected chi connectivity index (χ4v) is 8.32. The van der Waals surface area contributed by atoms with Gasteiger partial charge in [-0.3, -0.25) is 0 Å². The molecule has 10 aromatic rings. The minimum atomic E-state index is 1.13. The summed E-state index contributed by atoms with van der Waals surface area (Å²) >= 11 is 0. The number of rotatable bonds is 4. The van der Waals surface area contributed by atoms with Gasteiger partial charge in [-0.25, -0.2) is 0 Å². The Bertz CT molecular complexity index is 2740. The predicted octanol–water partition coefficient (Wildman–Crippen LogP) is 12.8.